The van der Waals surface area contributed by atoms with E-state index in [2.05, 4.69) is 18.8 Å². The number of benzene rings is 1. The molecule has 1 aromatic carbocycles. The molecule has 0 aliphatic carbocycles. The lowest BCUT2D eigenvalue weighted by atomic mass is 10.3. The van der Waals surface area contributed by atoms with Crippen molar-refractivity contribution < 1.29 is 9.47 Å². The van der Waals surface area contributed by atoms with Crippen molar-refractivity contribution in [3.63, 3.8) is 0 Å². The van der Waals surface area contributed by atoms with E-state index in [1.54, 1.807) is 6.08 Å². The zero-order valence-electron chi connectivity index (χ0n) is 9.74. The van der Waals surface area contributed by atoms with Crippen molar-refractivity contribution >= 4 is 0 Å². The Balaban J connectivity index is 2.30. The summed E-state index contributed by atoms with van der Waals surface area (Å²) >= 11 is 0. The van der Waals surface area contributed by atoms with Crippen LogP contribution in [0.3, 0.4) is 0 Å². The lowest BCUT2D eigenvalue weighted by Gasteiger charge is -2.07. The fourth-order valence-corrected chi connectivity index (χ4v) is 1.21. The molecule has 0 fully saturated rings. The molecule has 0 aliphatic rings. The number of rotatable bonds is 8. The first kappa shape index (κ1) is 12.6. The van der Waals surface area contributed by atoms with Crippen molar-refractivity contribution in [2.24, 2.45) is 0 Å². The number of hydrogen-bond acceptors (Lipinski definition) is 3. The van der Waals surface area contributed by atoms with E-state index in [9.17, 15) is 0 Å². The Morgan fingerprint density at radius 2 is 1.81 bits per heavy atom. The van der Waals surface area contributed by atoms with E-state index in [0.29, 0.717) is 13.2 Å². The van der Waals surface area contributed by atoms with E-state index in [-0.39, 0.29) is 0 Å². The van der Waals surface area contributed by atoms with Crippen molar-refractivity contribution in [2.75, 3.05) is 26.3 Å². The summed E-state index contributed by atoms with van der Waals surface area (Å²) in [6, 6.07) is 7.60. The van der Waals surface area contributed by atoms with Crippen molar-refractivity contribution in [1.29, 1.82) is 0 Å². The van der Waals surface area contributed by atoms with Crippen molar-refractivity contribution in [3.05, 3.63) is 36.9 Å². The van der Waals surface area contributed by atoms with Gasteiger partial charge in [0.2, 0.25) is 0 Å². The molecule has 1 aromatic rings. The van der Waals surface area contributed by atoms with Gasteiger partial charge >= 0.3 is 0 Å². The average molecular weight is 221 g/mol. The Kier molecular flexibility index (Phi) is 6.11. The second kappa shape index (κ2) is 7.77. The topological polar surface area (TPSA) is 30.5 Å². The van der Waals surface area contributed by atoms with E-state index in [1.807, 2.05) is 24.3 Å². The van der Waals surface area contributed by atoms with Crippen LogP contribution in [0.2, 0.25) is 0 Å². The molecule has 3 heteroatoms. The summed E-state index contributed by atoms with van der Waals surface area (Å²) in [6.45, 7) is 8.72. The number of nitrogens with one attached hydrogen (secondary N) is 1. The molecule has 1 rings (SSSR count). The normalized spacial score (nSPS) is 9.81. The van der Waals surface area contributed by atoms with Crippen LogP contribution in [0, 0.1) is 0 Å². The number of hydrogen-bond donors (Lipinski definition) is 1. The van der Waals surface area contributed by atoms with Gasteiger partial charge in [-0.25, -0.2) is 0 Å². The van der Waals surface area contributed by atoms with Crippen LogP contribution in [-0.2, 0) is 0 Å². The summed E-state index contributed by atoms with van der Waals surface area (Å²) in [4.78, 5) is 0. The van der Waals surface area contributed by atoms with Crippen LogP contribution in [0.1, 0.15) is 6.92 Å². The molecule has 3 nitrogen and oxygen atoms in total. The minimum absolute atomic E-state index is 0.528. The van der Waals surface area contributed by atoms with E-state index in [1.165, 1.54) is 0 Å². The maximum Gasteiger partial charge on any atom is 0.120 e. The third-order valence-electron chi connectivity index (χ3n) is 1.99. The largest absolute Gasteiger partial charge is 0.492 e. The third kappa shape index (κ3) is 4.84. The quantitative estimate of drug-likeness (QED) is 0.539. The molecule has 16 heavy (non-hydrogen) atoms. The molecule has 1 N–H and O–H groups in total. The van der Waals surface area contributed by atoms with Crippen LogP contribution in [0.25, 0.3) is 0 Å². The second-order valence-electron chi connectivity index (χ2n) is 3.27. The van der Waals surface area contributed by atoms with Crippen LogP contribution < -0.4 is 14.8 Å². The van der Waals surface area contributed by atoms with Gasteiger partial charge in [-0.05, 0) is 30.8 Å². The molecule has 0 saturated carbocycles. The molecule has 0 unspecified atom stereocenters. The summed E-state index contributed by atoms with van der Waals surface area (Å²) in [5, 5.41) is 3.20. The van der Waals surface area contributed by atoms with E-state index >= 15 is 0 Å². The monoisotopic (exact) mass is 221 g/mol. The van der Waals surface area contributed by atoms with Gasteiger partial charge < -0.3 is 14.8 Å². The highest BCUT2D eigenvalue weighted by atomic mass is 16.5. The summed E-state index contributed by atoms with van der Waals surface area (Å²) in [6.07, 6.45) is 1.72. The summed E-state index contributed by atoms with van der Waals surface area (Å²) < 4.78 is 10.9. The molecule has 0 bridgehead atoms. The van der Waals surface area contributed by atoms with E-state index in [4.69, 9.17) is 9.47 Å². The second-order valence-corrected chi connectivity index (χ2v) is 3.27. The maximum absolute atomic E-state index is 5.53. The Bertz CT molecular complexity index is 295. The van der Waals surface area contributed by atoms with Crippen LogP contribution in [0.5, 0.6) is 11.5 Å². The zero-order valence-corrected chi connectivity index (χ0v) is 9.74. The lowest BCUT2D eigenvalue weighted by Crippen LogP contribution is -2.20. The molecule has 0 saturated heterocycles. The first-order valence-corrected chi connectivity index (χ1v) is 5.54. The van der Waals surface area contributed by atoms with Gasteiger partial charge in [0.15, 0.2) is 0 Å². The summed E-state index contributed by atoms with van der Waals surface area (Å²) in [5.74, 6) is 1.70. The van der Waals surface area contributed by atoms with Gasteiger partial charge in [0, 0.05) is 6.54 Å². The van der Waals surface area contributed by atoms with Gasteiger partial charge in [0.1, 0.15) is 24.7 Å². The van der Waals surface area contributed by atoms with Gasteiger partial charge in [-0.15, -0.1) is 0 Å². The maximum atomic E-state index is 5.53. The number of ether oxygens (including phenoxy) is 2. The first-order valence-electron chi connectivity index (χ1n) is 5.54. The highest BCUT2D eigenvalue weighted by Gasteiger charge is 1.95. The molecule has 0 spiro atoms. The minimum Gasteiger partial charge on any atom is -0.492 e. The highest BCUT2D eigenvalue weighted by Crippen LogP contribution is 2.17. The van der Waals surface area contributed by atoms with Gasteiger partial charge in [0.25, 0.3) is 0 Å². The Morgan fingerprint density at radius 3 is 2.38 bits per heavy atom. The molecular formula is C13H19NO2. The molecular weight excluding hydrogens is 202 g/mol. The van der Waals surface area contributed by atoms with Gasteiger partial charge in [-0.1, -0.05) is 19.6 Å². The molecule has 0 atom stereocenters. The van der Waals surface area contributed by atoms with Crippen LogP contribution >= 0.6 is 0 Å². The Morgan fingerprint density at radius 1 is 1.19 bits per heavy atom. The molecule has 0 aliphatic heterocycles. The highest BCUT2D eigenvalue weighted by molar-refractivity contribution is 5.31. The molecule has 0 heterocycles. The van der Waals surface area contributed by atoms with Crippen LogP contribution in [0.15, 0.2) is 36.9 Å². The van der Waals surface area contributed by atoms with Gasteiger partial charge in [-0.2, -0.15) is 0 Å². The van der Waals surface area contributed by atoms with Crippen molar-refractivity contribution in [3.8, 4) is 11.5 Å². The average Bonchev–Trinajstić information content (AvgIpc) is 2.33. The fourth-order valence-electron chi connectivity index (χ4n) is 1.21. The number of likely N-dealkylation sites (N-methyl/N-ethyl adjacent to an activating group) is 1. The van der Waals surface area contributed by atoms with Gasteiger partial charge in [-0.3, -0.25) is 0 Å². The Hall–Kier alpha value is -1.48. The zero-order chi connectivity index (χ0) is 11.6. The van der Waals surface area contributed by atoms with E-state index < -0.39 is 0 Å². The molecule has 0 radical (unpaired) electrons. The van der Waals surface area contributed by atoms with Gasteiger partial charge in [0.05, 0.1) is 0 Å². The molecule has 0 amide bonds. The predicted octanol–water partition coefficient (Wildman–Crippen LogP) is 2.24. The van der Waals surface area contributed by atoms with Crippen LogP contribution in [-0.4, -0.2) is 26.3 Å². The fraction of sp³-hybridized carbons (Fsp3) is 0.385. The standard InChI is InChI=1S/C13H19NO2/c1-3-10-15-12-5-7-13(8-6-12)16-11-9-14-4-2/h3,5-8,14H,1,4,9-11H2,2H3. The smallest absolute Gasteiger partial charge is 0.120 e. The van der Waals surface area contributed by atoms with Crippen molar-refractivity contribution in [2.45, 2.75) is 6.92 Å². The Labute approximate surface area is 97.1 Å². The minimum atomic E-state index is 0.528. The predicted molar refractivity (Wildman–Crippen MR) is 66.2 cm³/mol. The third-order valence-corrected chi connectivity index (χ3v) is 1.99. The van der Waals surface area contributed by atoms with Crippen LogP contribution in [0.4, 0.5) is 0 Å². The van der Waals surface area contributed by atoms with Crippen molar-refractivity contribution in [1.82, 2.24) is 5.32 Å². The lowest BCUT2D eigenvalue weighted by molar-refractivity contribution is 0.314. The SMILES string of the molecule is C=CCOc1ccc(OCCNCC)cc1. The summed E-state index contributed by atoms with van der Waals surface area (Å²) in [5.41, 5.74) is 0. The molecule has 0 aromatic heterocycles. The first-order chi connectivity index (χ1) is 7.86. The summed E-state index contributed by atoms with van der Waals surface area (Å²) in [7, 11) is 0. The van der Waals surface area contributed by atoms with E-state index in [0.717, 1.165) is 24.6 Å². The molecule has 88 valence electrons.